The molecule has 2 amide bonds. The van der Waals surface area contributed by atoms with Crippen molar-refractivity contribution in [2.45, 2.75) is 32.2 Å². The van der Waals surface area contributed by atoms with Crippen LogP contribution in [0.4, 0.5) is 0 Å². The molecule has 0 aromatic heterocycles. The van der Waals surface area contributed by atoms with Crippen molar-refractivity contribution in [3.63, 3.8) is 0 Å². The Kier molecular flexibility index (Phi) is 2.44. The highest BCUT2D eigenvalue weighted by molar-refractivity contribution is 5.89. The maximum absolute atomic E-state index is 11.9. The maximum atomic E-state index is 11.9. The third-order valence-corrected chi connectivity index (χ3v) is 2.94. The first kappa shape index (κ1) is 9.49. The van der Waals surface area contributed by atoms with Crippen molar-refractivity contribution in [2.24, 2.45) is 5.92 Å². The average molecular weight is 196 g/mol. The standard InChI is InChI=1S/C10H16N2O2/c1-2-12(8-3-4-8)10(14)7-5-9(13)11-6-7/h7-8H,2-6H2,1H3,(H,11,13). The van der Waals surface area contributed by atoms with E-state index in [2.05, 4.69) is 5.32 Å². The van der Waals surface area contributed by atoms with Gasteiger partial charge in [-0.2, -0.15) is 0 Å². The number of amides is 2. The molecule has 0 aromatic rings. The van der Waals surface area contributed by atoms with Crippen LogP contribution in [-0.4, -0.2) is 35.8 Å². The smallest absolute Gasteiger partial charge is 0.228 e. The fraction of sp³-hybridized carbons (Fsp3) is 0.800. The summed E-state index contributed by atoms with van der Waals surface area (Å²) in [6.45, 7) is 3.30. The van der Waals surface area contributed by atoms with E-state index in [9.17, 15) is 9.59 Å². The van der Waals surface area contributed by atoms with Crippen molar-refractivity contribution in [2.75, 3.05) is 13.1 Å². The van der Waals surface area contributed by atoms with E-state index >= 15 is 0 Å². The summed E-state index contributed by atoms with van der Waals surface area (Å²) in [5.74, 6) is 0.0617. The number of hydrogen-bond acceptors (Lipinski definition) is 2. The second kappa shape index (κ2) is 3.59. The SMILES string of the molecule is CCN(C(=O)C1CNC(=O)C1)C1CC1. The largest absolute Gasteiger partial charge is 0.355 e. The fourth-order valence-electron chi connectivity index (χ4n) is 1.99. The number of nitrogens with zero attached hydrogens (tertiary/aromatic N) is 1. The molecule has 2 aliphatic rings. The van der Waals surface area contributed by atoms with E-state index < -0.39 is 0 Å². The molecule has 2 fully saturated rings. The Balaban J connectivity index is 1.95. The molecular weight excluding hydrogens is 180 g/mol. The summed E-state index contributed by atoms with van der Waals surface area (Å²) in [5, 5.41) is 2.70. The Hall–Kier alpha value is -1.06. The molecule has 4 nitrogen and oxygen atoms in total. The van der Waals surface area contributed by atoms with Gasteiger partial charge in [0.15, 0.2) is 0 Å². The Bertz CT molecular complexity index is 261. The van der Waals surface area contributed by atoms with Gasteiger partial charge in [-0.3, -0.25) is 9.59 Å². The summed E-state index contributed by atoms with van der Waals surface area (Å²) >= 11 is 0. The molecule has 1 saturated heterocycles. The molecule has 1 N–H and O–H groups in total. The van der Waals surface area contributed by atoms with Gasteiger partial charge in [0.25, 0.3) is 0 Å². The third kappa shape index (κ3) is 1.74. The first-order valence-corrected chi connectivity index (χ1v) is 5.29. The van der Waals surface area contributed by atoms with Crippen LogP contribution in [0, 0.1) is 5.92 Å². The second-order valence-electron chi connectivity index (χ2n) is 4.06. The predicted molar refractivity (Wildman–Crippen MR) is 51.5 cm³/mol. The van der Waals surface area contributed by atoms with Crippen molar-refractivity contribution in [3.8, 4) is 0 Å². The van der Waals surface area contributed by atoms with Gasteiger partial charge < -0.3 is 10.2 Å². The molecule has 1 heterocycles. The minimum Gasteiger partial charge on any atom is -0.355 e. The van der Waals surface area contributed by atoms with Crippen LogP contribution in [0.5, 0.6) is 0 Å². The number of hydrogen-bond donors (Lipinski definition) is 1. The molecule has 0 bridgehead atoms. The van der Waals surface area contributed by atoms with Gasteiger partial charge in [0.1, 0.15) is 0 Å². The zero-order chi connectivity index (χ0) is 10.1. The minimum absolute atomic E-state index is 0.00944. The minimum atomic E-state index is -0.108. The Labute approximate surface area is 83.6 Å². The van der Waals surface area contributed by atoms with Gasteiger partial charge in [0.05, 0.1) is 5.92 Å². The molecule has 4 heteroatoms. The highest BCUT2D eigenvalue weighted by Crippen LogP contribution is 2.28. The third-order valence-electron chi connectivity index (χ3n) is 2.94. The lowest BCUT2D eigenvalue weighted by atomic mass is 10.1. The van der Waals surface area contributed by atoms with E-state index in [0.717, 1.165) is 19.4 Å². The summed E-state index contributed by atoms with van der Waals surface area (Å²) in [5.41, 5.74) is 0. The van der Waals surface area contributed by atoms with Gasteiger partial charge in [0.2, 0.25) is 11.8 Å². The van der Waals surface area contributed by atoms with Gasteiger partial charge in [-0.1, -0.05) is 0 Å². The van der Waals surface area contributed by atoms with E-state index in [-0.39, 0.29) is 17.7 Å². The summed E-state index contributed by atoms with van der Waals surface area (Å²) in [6.07, 6.45) is 2.64. The Morgan fingerprint density at radius 1 is 1.57 bits per heavy atom. The number of carbonyl (C=O) groups excluding carboxylic acids is 2. The van der Waals surface area contributed by atoms with E-state index in [4.69, 9.17) is 0 Å². The molecule has 1 aliphatic heterocycles. The quantitative estimate of drug-likeness (QED) is 0.697. The summed E-state index contributed by atoms with van der Waals surface area (Å²) in [4.78, 5) is 24.8. The lowest BCUT2D eigenvalue weighted by Gasteiger charge is -2.23. The normalized spacial score (nSPS) is 26.1. The molecule has 0 spiro atoms. The highest BCUT2D eigenvalue weighted by atomic mass is 16.2. The van der Waals surface area contributed by atoms with E-state index in [1.54, 1.807) is 0 Å². The topological polar surface area (TPSA) is 49.4 Å². The summed E-state index contributed by atoms with van der Waals surface area (Å²) < 4.78 is 0. The van der Waals surface area contributed by atoms with Crippen LogP contribution < -0.4 is 5.32 Å². The molecular formula is C10H16N2O2. The van der Waals surface area contributed by atoms with Crippen LogP contribution >= 0.6 is 0 Å². The van der Waals surface area contributed by atoms with Crippen molar-refractivity contribution in [3.05, 3.63) is 0 Å². The lowest BCUT2D eigenvalue weighted by Crippen LogP contribution is -2.38. The van der Waals surface area contributed by atoms with Crippen LogP contribution in [0.1, 0.15) is 26.2 Å². The molecule has 1 aliphatic carbocycles. The van der Waals surface area contributed by atoms with Gasteiger partial charge in [-0.15, -0.1) is 0 Å². The molecule has 14 heavy (non-hydrogen) atoms. The van der Waals surface area contributed by atoms with Crippen molar-refractivity contribution in [1.29, 1.82) is 0 Å². The van der Waals surface area contributed by atoms with Crippen molar-refractivity contribution >= 4 is 11.8 Å². The van der Waals surface area contributed by atoms with Gasteiger partial charge in [0, 0.05) is 25.6 Å². The molecule has 1 unspecified atom stereocenters. The zero-order valence-electron chi connectivity index (χ0n) is 8.45. The Morgan fingerprint density at radius 3 is 2.71 bits per heavy atom. The number of rotatable bonds is 3. The molecule has 0 aromatic carbocycles. The number of nitrogens with one attached hydrogen (secondary N) is 1. The first-order chi connectivity index (χ1) is 6.72. The monoisotopic (exact) mass is 196 g/mol. The van der Waals surface area contributed by atoms with Crippen molar-refractivity contribution < 1.29 is 9.59 Å². The fourth-order valence-corrected chi connectivity index (χ4v) is 1.99. The van der Waals surface area contributed by atoms with Crippen molar-refractivity contribution in [1.82, 2.24) is 10.2 Å². The maximum Gasteiger partial charge on any atom is 0.228 e. The summed E-state index contributed by atoms with van der Waals surface area (Å²) in [7, 11) is 0. The zero-order valence-corrected chi connectivity index (χ0v) is 8.45. The molecule has 1 atom stereocenters. The van der Waals surface area contributed by atoms with Crippen LogP contribution in [0.25, 0.3) is 0 Å². The van der Waals surface area contributed by atoms with E-state index in [1.165, 1.54) is 0 Å². The highest BCUT2D eigenvalue weighted by Gasteiger charge is 2.37. The van der Waals surface area contributed by atoms with E-state index in [1.807, 2.05) is 11.8 Å². The van der Waals surface area contributed by atoms with Crippen LogP contribution in [0.2, 0.25) is 0 Å². The molecule has 2 rings (SSSR count). The van der Waals surface area contributed by atoms with Crippen LogP contribution in [0.3, 0.4) is 0 Å². The van der Waals surface area contributed by atoms with Gasteiger partial charge in [-0.25, -0.2) is 0 Å². The molecule has 1 saturated carbocycles. The lowest BCUT2D eigenvalue weighted by molar-refractivity contribution is -0.136. The first-order valence-electron chi connectivity index (χ1n) is 5.29. The number of carbonyl (C=O) groups is 2. The summed E-state index contributed by atoms with van der Waals surface area (Å²) in [6, 6.07) is 0.461. The van der Waals surface area contributed by atoms with Crippen LogP contribution in [0.15, 0.2) is 0 Å². The molecule has 78 valence electrons. The average Bonchev–Trinajstić information content (AvgIpc) is 2.90. The molecule has 0 radical (unpaired) electrons. The Morgan fingerprint density at radius 2 is 2.29 bits per heavy atom. The van der Waals surface area contributed by atoms with Crippen LogP contribution in [-0.2, 0) is 9.59 Å². The predicted octanol–water partition coefficient (Wildman–Crippen LogP) is 0.133. The van der Waals surface area contributed by atoms with Gasteiger partial charge in [-0.05, 0) is 19.8 Å². The van der Waals surface area contributed by atoms with E-state index in [0.29, 0.717) is 19.0 Å². The van der Waals surface area contributed by atoms with Gasteiger partial charge >= 0.3 is 0 Å². The second-order valence-corrected chi connectivity index (χ2v) is 4.06.